The second-order valence-corrected chi connectivity index (χ2v) is 6.10. The lowest BCUT2D eigenvalue weighted by Crippen LogP contribution is -2.38. The molecule has 102 valence electrons. The highest BCUT2D eigenvalue weighted by Gasteiger charge is 2.28. The van der Waals surface area contributed by atoms with Crippen LogP contribution in [0.5, 0.6) is 0 Å². The van der Waals surface area contributed by atoms with E-state index in [1.807, 2.05) is 4.72 Å². The number of sulfonamides is 1. The first kappa shape index (κ1) is 14.7. The van der Waals surface area contributed by atoms with Crippen LogP contribution in [0.15, 0.2) is 0 Å². The molecule has 2 N–H and O–H groups in total. The highest BCUT2D eigenvalue weighted by atomic mass is 32.2. The highest BCUT2D eigenvalue weighted by Crippen LogP contribution is 2.18. The number of hydrogen-bond donors (Lipinski definition) is 2. The zero-order valence-corrected chi connectivity index (χ0v) is 10.2. The van der Waals surface area contributed by atoms with Crippen LogP contribution in [0.4, 0.5) is 13.2 Å². The average molecular weight is 274 g/mol. The maximum absolute atomic E-state index is 11.8. The predicted molar refractivity (Wildman–Crippen MR) is 58.1 cm³/mol. The third kappa shape index (κ3) is 6.85. The van der Waals surface area contributed by atoms with E-state index in [1.165, 1.54) is 0 Å². The predicted octanol–water partition coefficient (Wildman–Crippen LogP) is 0.858. The number of rotatable bonds is 5. The molecule has 0 bridgehead atoms. The summed E-state index contributed by atoms with van der Waals surface area (Å²) in [6.45, 7) is 0.907. The Morgan fingerprint density at radius 2 is 2.06 bits per heavy atom. The van der Waals surface area contributed by atoms with Gasteiger partial charge in [0.1, 0.15) is 0 Å². The summed E-state index contributed by atoms with van der Waals surface area (Å²) in [5, 5.41) is 3.07. The first-order valence-electron chi connectivity index (χ1n) is 5.53. The van der Waals surface area contributed by atoms with Gasteiger partial charge < -0.3 is 5.32 Å². The van der Waals surface area contributed by atoms with E-state index in [4.69, 9.17) is 0 Å². The summed E-state index contributed by atoms with van der Waals surface area (Å²) in [7, 11) is -3.59. The van der Waals surface area contributed by atoms with E-state index in [0.29, 0.717) is 6.54 Å². The summed E-state index contributed by atoms with van der Waals surface area (Å²) in [5.41, 5.74) is 0. The molecule has 1 aliphatic rings. The molecule has 1 rings (SSSR count). The van der Waals surface area contributed by atoms with Crippen molar-refractivity contribution in [2.24, 2.45) is 5.92 Å². The molecule has 0 aromatic rings. The second-order valence-electron chi connectivity index (χ2n) is 4.25. The summed E-state index contributed by atoms with van der Waals surface area (Å²) >= 11 is 0. The summed E-state index contributed by atoms with van der Waals surface area (Å²) in [6.07, 6.45) is -3.75. The van der Waals surface area contributed by atoms with Gasteiger partial charge >= 0.3 is 6.18 Å². The minimum absolute atomic E-state index is 0.00728. The van der Waals surface area contributed by atoms with Crippen molar-refractivity contribution in [3.05, 3.63) is 0 Å². The van der Waals surface area contributed by atoms with E-state index >= 15 is 0 Å². The molecular weight excluding hydrogens is 257 g/mol. The van der Waals surface area contributed by atoms with E-state index in [-0.39, 0.29) is 11.7 Å². The fourth-order valence-corrected chi connectivity index (χ4v) is 3.22. The van der Waals surface area contributed by atoms with E-state index in [1.54, 1.807) is 0 Å². The van der Waals surface area contributed by atoms with E-state index in [2.05, 4.69) is 5.32 Å². The SMILES string of the molecule is O=S(=O)(CC1CCCNC1)NCCC(F)(F)F. The second kappa shape index (κ2) is 6.01. The average Bonchev–Trinajstić information content (AvgIpc) is 2.15. The van der Waals surface area contributed by atoms with E-state index in [0.717, 1.165) is 19.4 Å². The van der Waals surface area contributed by atoms with Crippen LogP contribution in [-0.4, -0.2) is 40.0 Å². The molecule has 0 aliphatic carbocycles. The smallest absolute Gasteiger partial charge is 0.316 e. The fraction of sp³-hybridized carbons (Fsp3) is 1.00. The normalized spacial score (nSPS) is 22.6. The summed E-state index contributed by atoms with van der Waals surface area (Å²) < 4.78 is 60.5. The quantitative estimate of drug-likeness (QED) is 0.781. The molecule has 0 aromatic carbocycles. The van der Waals surface area contributed by atoms with Crippen molar-refractivity contribution >= 4 is 10.0 Å². The summed E-state index contributed by atoms with van der Waals surface area (Å²) in [5.74, 6) is -0.107. The Morgan fingerprint density at radius 3 is 2.59 bits per heavy atom. The molecule has 1 unspecified atom stereocenters. The van der Waals surface area contributed by atoms with Crippen molar-refractivity contribution in [1.29, 1.82) is 0 Å². The molecule has 1 fully saturated rings. The van der Waals surface area contributed by atoms with Crippen molar-refractivity contribution in [2.75, 3.05) is 25.4 Å². The minimum atomic E-state index is -4.32. The van der Waals surface area contributed by atoms with E-state index in [9.17, 15) is 21.6 Å². The van der Waals surface area contributed by atoms with Crippen LogP contribution in [0.3, 0.4) is 0 Å². The van der Waals surface area contributed by atoms with Crippen LogP contribution in [0.25, 0.3) is 0 Å². The Kier molecular flexibility index (Phi) is 5.21. The lowest BCUT2D eigenvalue weighted by molar-refractivity contribution is -0.132. The Hall–Kier alpha value is -0.340. The molecule has 0 amide bonds. The molecule has 1 saturated heterocycles. The number of piperidine rings is 1. The van der Waals surface area contributed by atoms with Crippen LogP contribution in [0.1, 0.15) is 19.3 Å². The van der Waals surface area contributed by atoms with Crippen LogP contribution in [0.2, 0.25) is 0 Å². The van der Waals surface area contributed by atoms with Gasteiger partial charge in [-0.25, -0.2) is 13.1 Å². The monoisotopic (exact) mass is 274 g/mol. The maximum atomic E-state index is 11.8. The van der Waals surface area contributed by atoms with Gasteiger partial charge in [-0.2, -0.15) is 13.2 Å². The zero-order valence-electron chi connectivity index (χ0n) is 9.39. The van der Waals surface area contributed by atoms with Gasteiger partial charge in [-0.3, -0.25) is 0 Å². The molecular formula is C9H17F3N2O2S. The topological polar surface area (TPSA) is 58.2 Å². The van der Waals surface area contributed by atoms with Gasteiger partial charge in [0.2, 0.25) is 10.0 Å². The number of halogens is 3. The van der Waals surface area contributed by atoms with Crippen LogP contribution < -0.4 is 10.0 Å². The van der Waals surface area contributed by atoms with E-state index < -0.39 is 29.2 Å². The highest BCUT2D eigenvalue weighted by molar-refractivity contribution is 7.89. The molecule has 0 radical (unpaired) electrons. The molecule has 8 heteroatoms. The van der Waals surface area contributed by atoms with Crippen molar-refractivity contribution in [3.63, 3.8) is 0 Å². The van der Waals surface area contributed by atoms with Crippen molar-refractivity contribution < 1.29 is 21.6 Å². The Balaban J connectivity index is 2.30. The van der Waals surface area contributed by atoms with Gasteiger partial charge in [-0.1, -0.05) is 0 Å². The zero-order chi connectivity index (χ0) is 12.9. The third-order valence-electron chi connectivity index (χ3n) is 2.58. The minimum Gasteiger partial charge on any atom is -0.316 e. The molecule has 17 heavy (non-hydrogen) atoms. The van der Waals surface area contributed by atoms with Crippen LogP contribution in [0, 0.1) is 5.92 Å². The first-order chi connectivity index (χ1) is 7.79. The lowest BCUT2D eigenvalue weighted by atomic mass is 10.0. The van der Waals surface area contributed by atoms with Crippen molar-refractivity contribution in [3.8, 4) is 0 Å². The standard InChI is InChI=1S/C9H17F3N2O2S/c10-9(11,12)3-5-14-17(15,16)7-8-2-1-4-13-6-8/h8,13-14H,1-7H2. The molecule has 1 aliphatic heterocycles. The Bertz CT molecular complexity index is 324. The van der Waals surface area contributed by atoms with Gasteiger partial charge in [-0.15, -0.1) is 0 Å². The molecule has 0 aromatic heterocycles. The van der Waals surface area contributed by atoms with Gasteiger partial charge in [0.15, 0.2) is 0 Å². The molecule has 0 saturated carbocycles. The number of alkyl halides is 3. The number of hydrogen-bond acceptors (Lipinski definition) is 3. The van der Waals surface area contributed by atoms with Gasteiger partial charge in [0, 0.05) is 6.54 Å². The Labute approximate surface area is 99.0 Å². The van der Waals surface area contributed by atoms with Gasteiger partial charge in [-0.05, 0) is 31.8 Å². The Morgan fingerprint density at radius 1 is 1.35 bits per heavy atom. The van der Waals surface area contributed by atoms with Crippen LogP contribution >= 0.6 is 0 Å². The van der Waals surface area contributed by atoms with Crippen LogP contribution in [-0.2, 0) is 10.0 Å². The van der Waals surface area contributed by atoms with Crippen molar-refractivity contribution in [2.45, 2.75) is 25.4 Å². The molecule has 1 heterocycles. The van der Waals surface area contributed by atoms with Gasteiger partial charge in [0.05, 0.1) is 12.2 Å². The summed E-state index contributed by atoms with van der Waals surface area (Å²) in [6, 6.07) is 0. The maximum Gasteiger partial charge on any atom is 0.390 e. The fourth-order valence-electron chi connectivity index (χ4n) is 1.78. The first-order valence-corrected chi connectivity index (χ1v) is 7.18. The van der Waals surface area contributed by atoms with Gasteiger partial charge in [0.25, 0.3) is 0 Å². The largest absolute Gasteiger partial charge is 0.390 e. The third-order valence-corrected chi connectivity index (χ3v) is 4.14. The molecule has 4 nitrogen and oxygen atoms in total. The number of nitrogens with one attached hydrogen (secondary N) is 2. The lowest BCUT2D eigenvalue weighted by Gasteiger charge is -2.22. The molecule has 1 atom stereocenters. The molecule has 0 spiro atoms. The summed E-state index contributed by atoms with van der Waals surface area (Å²) in [4.78, 5) is 0. The van der Waals surface area contributed by atoms with Crippen molar-refractivity contribution in [1.82, 2.24) is 10.0 Å².